The highest BCUT2D eigenvalue weighted by Gasteiger charge is 2.34. The summed E-state index contributed by atoms with van der Waals surface area (Å²) in [4.78, 5) is 13.0. The molecular formula is C14H20N6O2. The van der Waals surface area contributed by atoms with Gasteiger partial charge in [-0.1, -0.05) is 0 Å². The first-order valence-corrected chi connectivity index (χ1v) is 7.71. The molecule has 0 bridgehead atoms. The van der Waals surface area contributed by atoms with Crippen LogP contribution in [0.2, 0.25) is 0 Å². The normalized spacial score (nSPS) is 28.4. The molecule has 0 aromatic carbocycles. The van der Waals surface area contributed by atoms with E-state index in [0.29, 0.717) is 35.9 Å². The van der Waals surface area contributed by atoms with Crippen LogP contribution in [0.3, 0.4) is 0 Å². The lowest BCUT2D eigenvalue weighted by Crippen LogP contribution is -2.16. The van der Waals surface area contributed by atoms with E-state index in [-0.39, 0.29) is 24.5 Å². The number of aromatic nitrogens is 4. The summed E-state index contributed by atoms with van der Waals surface area (Å²) < 4.78 is 1.95. The number of nitrogens with two attached hydrogens (primary N) is 1. The molecule has 2 fully saturated rings. The number of aliphatic hydroxyl groups is 2. The fourth-order valence-corrected chi connectivity index (χ4v) is 3.22. The van der Waals surface area contributed by atoms with Gasteiger partial charge in [0.1, 0.15) is 0 Å². The molecule has 2 saturated carbocycles. The third kappa shape index (κ3) is 2.28. The van der Waals surface area contributed by atoms with Gasteiger partial charge in [-0.25, -0.2) is 4.98 Å². The molecule has 4 rings (SSSR count). The number of hydrogen-bond donors (Lipinski definition) is 4. The highest BCUT2D eigenvalue weighted by molar-refractivity contribution is 5.84. The molecule has 0 saturated heterocycles. The maximum Gasteiger partial charge on any atom is 0.224 e. The molecule has 0 spiro atoms. The Hall–Kier alpha value is -1.93. The number of rotatable bonds is 4. The smallest absolute Gasteiger partial charge is 0.224 e. The van der Waals surface area contributed by atoms with Gasteiger partial charge in [-0.3, -0.25) is 0 Å². The van der Waals surface area contributed by atoms with Crippen molar-refractivity contribution in [2.45, 2.75) is 43.9 Å². The Morgan fingerprint density at radius 2 is 2.14 bits per heavy atom. The van der Waals surface area contributed by atoms with Crippen LogP contribution in [-0.2, 0) is 0 Å². The first kappa shape index (κ1) is 13.7. The number of imidazole rings is 1. The van der Waals surface area contributed by atoms with Crippen molar-refractivity contribution in [1.29, 1.82) is 0 Å². The van der Waals surface area contributed by atoms with Gasteiger partial charge in [-0.05, 0) is 25.7 Å². The molecule has 2 aromatic heterocycles. The molecule has 5 N–H and O–H groups in total. The third-order valence-electron chi connectivity index (χ3n) is 4.62. The largest absolute Gasteiger partial charge is 0.396 e. The van der Waals surface area contributed by atoms with E-state index in [1.165, 1.54) is 0 Å². The van der Waals surface area contributed by atoms with E-state index < -0.39 is 6.10 Å². The van der Waals surface area contributed by atoms with Crippen molar-refractivity contribution in [3.63, 3.8) is 0 Å². The predicted molar refractivity (Wildman–Crippen MR) is 81.2 cm³/mol. The summed E-state index contributed by atoms with van der Waals surface area (Å²) in [5, 5.41) is 22.7. The van der Waals surface area contributed by atoms with Crippen LogP contribution in [0.25, 0.3) is 11.2 Å². The molecule has 0 radical (unpaired) electrons. The van der Waals surface area contributed by atoms with Crippen LogP contribution in [0, 0.1) is 5.92 Å². The average molecular weight is 304 g/mol. The molecule has 8 heteroatoms. The first-order valence-electron chi connectivity index (χ1n) is 7.71. The highest BCUT2D eigenvalue weighted by atomic mass is 16.3. The van der Waals surface area contributed by atoms with Crippen LogP contribution < -0.4 is 11.1 Å². The first-order chi connectivity index (χ1) is 10.7. The minimum Gasteiger partial charge on any atom is -0.396 e. The number of hydrogen-bond acceptors (Lipinski definition) is 7. The molecule has 2 aliphatic carbocycles. The molecule has 0 unspecified atom stereocenters. The van der Waals surface area contributed by atoms with Crippen molar-refractivity contribution in [3.05, 3.63) is 6.33 Å². The van der Waals surface area contributed by atoms with Gasteiger partial charge < -0.3 is 25.8 Å². The zero-order chi connectivity index (χ0) is 15.3. The summed E-state index contributed by atoms with van der Waals surface area (Å²) >= 11 is 0. The lowest BCUT2D eigenvalue weighted by molar-refractivity contribution is 0.0906. The Balaban J connectivity index is 1.71. The zero-order valence-corrected chi connectivity index (χ0v) is 12.2. The van der Waals surface area contributed by atoms with Crippen LogP contribution in [-0.4, -0.2) is 48.5 Å². The molecular weight excluding hydrogens is 284 g/mol. The number of nitrogen functional groups attached to an aromatic ring is 1. The highest BCUT2D eigenvalue weighted by Crippen LogP contribution is 2.37. The number of fused-ring (bicyclic) bond motifs is 1. The van der Waals surface area contributed by atoms with Crippen molar-refractivity contribution in [2.75, 3.05) is 17.7 Å². The second kappa shape index (κ2) is 5.06. The van der Waals surface area contributed by atoms with Gasteiger partial charge in [-0.2, -0.15) is 9.97 Å². The van der Waals surface area contributed by atoms with Gasteiger partial charge in [-0.15, -0.1) is 0 Å². The van der Waals surface area contributed by atoms with Crippen molar-refractivity contribution in [2.24, 2.45) is 5.92 Å². The standard InChI is InChI=1S/C14H20N6O2/c15-14-18-12(17-8-1-2-8)11-13(19-14)20(6-16-11)9-3-7(5-21)10(22)4-9/h6-10,21-22H,1-5H2,(H3,15,17,18,19)/t7-,9-,10+/m1/s1. The molecule has 2 aromatic rings. The minimum atomic E-state index is -0.490. The Morgan fingerprint density at radius 3 is 2.82 bits per heavy atom. The summed E-state index contributed by atoms with van der Waals surface area (Å²) in [5.74, 6) is 0.807. The molecule has 0 amide bonds. The summed E-state index contributed by atoms with van der Waals surface area (Å²) in [7, 11) is 0. The molecule has 2 heterocycles. The van der Waals surface area contributed by atoms with Crippen LogP contribution >= 0.6 is 0 Å². The lowest BCUT2D eigenvalue weighted by atomic mass is 10.1. The van der Waals surface area contributed by atoms with Crippen LogP contribution in [0.5, 0.6) is 0 Å². The van der Waals surface area contributed by atoms with Crippen molar-refractivity contribution in [1.82, 2.24) is 19.5 Å². The Bertz CT molecular complexity index is 698. The van der Waals surface area contributed by atoms with Gasteiger partial charge in [0.05, 0.1) is 12.4 Å². The van der Waals surface area contributed by atoms with E-state index in [4.69, 9.17) is 5.73 Å². The van der Waals surface area contributed by atoms with E-state index in [2.05, 4.69) is 20.3 Å². The third-order valence-corrected chi connectivity index (χ3v) is 4.62. The van der Waals surface area contributed by atoms with E-state index in [9.17, 15) is 10.2 Å². The average Bonchev–Trinajstić information content (AvgIpc) is 3.07. The molecule has 22 heavy (non-hydrogen) atoms. The van der Waals surface area contributed by atoms with Gasteiger partial charge in [0, 0.05) is 24.6 Å². The van der Waals surface area contributed by atoms with Gasteiger partial charge in [0.25, 0.3) is 0 Å². The quantitative estimate of drug-likeness (QED) is 0.640. The van der Waals surface area contributed by atoms with E-state index in [1.807, 2.05) is 4.57 Å². The summed E-state index contributed by atoms with van der Waals surface area (Å²) in [6.07, 6.45) is 4.81. The molecule has 8 nitrogen and oxygen atoms in total. The monoisotopic (exact) mass is 304 g/mol. The predicted octanol–water partition coefficient (Wildman–Crippen LogP) is 0.287. The van der Waals surface area contributed by atoms with Crippen LogP contribution in [0.15, 0.2) is 6.33 Å². The Labute approximate surface area is 127 Å². The zero-order valence-electron chi connectivity index (χ0n) is 12.2. The summed E-state index contributed by atoms with van der Waals surface area (Å²) in [6.45, 7) is -0.00406. The summed E-state index contributed by atoms with van der Waals surface area (Å²) in [5.41, 5.74) is 7.23. The van der Waals surface area contributed by atoms with E-state index in [1.54, 1.807) is 6.33 Å². The second-order valence-electron chi connectivity index (χ2n) is 6.31. The minimum absolute atomic E-state index is 0.00406. The number of anilines is 2. The fourth-order valence-electron chi connectivity index (χ4n) is 3.22. The van der Waals surface area contributed by atoms with Gasteiger partial charge in [0.2, 0.25) is 5.95 Å². The molecule has 3 atom stereocenters. The maximum atomic E-state index is 10.0. The number of nitrogens with zero attached hydrogens (tertiary/aromatic N) is 4. The van der Waals surface area contributed by atoms with Crippen molar-refractivity contribution < 1.29 is 10.2 Å². The SMILES string of the molecule is Nc1nc(NC2CC2)c2ncn([C@@H]3C[C@H](CO)[C@@H](O)C3)c2n1. The second-order valence-corrected chi connectivity index (χ2v) is 6.31. The van der Waals surface area contributed by atoms with E-state index >= 15 is 0 Å². The van der Waals surface area contributed by atoms with Crippen LogP contribution in [0.1, 0.15) is 31.7 Å². The Kier molecular flexibility index (Phi) is 3.16. The van der Waals surface area contributed by atoms with E-state index in [0.717, 1.165) is 12.8 Å². The summed E-state index contributed by atoms with van der Waals surface area (Å²) in [6, 6.07) is 0.523. The van der Waals surface area contributed by atoms with Crippen molar-refractivity contribution >= 4 is 22.9 Å². The maximum absolute atomic E-state index is 10.0. The molecule has 118 valence electrons. The van der Waals surface area contributed by atoms with Gasteiger partial charge in [0.15, 0.2) is 17.0 Å². The fraction of sp³-hybridized carbons (Fsp3) is 0.643. The number of nitrogens with one attached hydrogen (secondary N) is 1. The molecule has 2 aliphatic rings. The van der Waals surface area contributed by atoms with Crippen LogP contribution in [0.4, 0.5) is 11.8 Å². The lowest BCUT2D eigenvalue weighted by Gasteiger charge is -2.13. The number of aliphatic hydroxyl groups excluding tert-OH is 2. The van der Waals surface area contributed by atoms with Gasteiger partial charge >= 0.3 is 0 Å². The van der Waals surface area contributed by atoms with Crippen molar-refractivity contribution in [3.8, 4) is 0 Å². The Morgan fingerprint density at radius 1 is 1.32 bits per heavy atom. The molecule has 0 aliphatic heterocycles. The topological polar surface area (TPSA) is 122 Å².